The largest absolute Gasteiger partial charge is 0.456 e. The van der Waals surface area contributed by atoms with Crippen molar-refractivity contribution in [1.82, 2.24) is 9.55 Å². The second-order valence-electron chi connectivity index (χ2n) is 12.0. The highest BCUT2D eigenvalue weighted by Crippen LogP contribution is 2.45. The average Bonchev–Trinajstić information content (AvgIpc) is 3.83. The second kappa shape index (κ2) is 10.5. The topological polar surface area (TPSA) is 47.3 Å². The van der Waals surface area contributed by atoms with E-state index in [1.807, 2.05) is 36.4 Å². The lowest BCUT2D eigenvalue weighted by Gasteiger charge is -2.26. The lowest BCUT2D eigenvalue weighted by Crippen LogP contribution is -2.10. The van der Waals surface area contributed by atoms with Crippen LogP contribution < -0.4 is 4.90 Å². The normalized spacial score (nSPS) is 11.8. The Kier molecular flexibility index (Phi) is 5.81. The molecule has 0 amide bonds. The Bertz CT molecular complexity index is 2780. The summed E-state index contributed by atoms with van der Waals surface area (Å²) in [4.78, 5) is 7.19. The smallest absolute Gasteiger partial charge is 0.227 e. The van der Waals surface area contributed by atoms with E-state index < -0.39 is 0 Å². The monoisotopic (exact) mass is 617 g/mol. The zero-order chi connectivity index (χ0) is 31.6. The number of hydrogen-bond donors (Lipinski definition) is 0. The van der Waals surface area contributed by atoms with E-state index in [4.69, 9.17) is 13.8 Å². The molecule has 5 heteroatoms. The van der Waals surface area contributed by atoms with Crippen LogP contribution in [-0.2, 0) is 0 Å². The molecule has 3 heterocycles. The van der Waals surface area contributed by atoms with Gasteiger partial charge in [-0.3, -0.25) is 0 Å². The van der Waals surface area contributed by atoms with E-state index in [0.717, 1.165) is 61.3 Å². The number of hydrogen-bond acceptors (Lipinski definition) is 4. The van der Waals surface area contributed by atoms with Gasteiger partial charge in [-0.15, -0.1) is 0 Å². The van der Waals surface area contributed by atoms with E-state index in [1.165, 1.54) is 16.3 Å². The Morgan fingerprint density at radius 2 is 1.19 bits per heavy atom. The van der Waals surface area contributed by atoms with E-state index in [2.05, 4.69) is 137 Å². The molecule has 10 aromatic rings. The van der Waals surface area contributed by atoms with Gasteiger partial charge in [-0.05, 0) is 78.9 Å². The molecule has 0 bridgehead atoms. The molecule has 0 unspecified atom stereocenters. The number of fused-ring (bicyclic) bond motifs is 7. The van der Waals surface area contributed by atoms with Crippen LogP contribution in [-0.4, -0.2) is 9.55 Å². The van der Waals surface area contributed by atoms with Gasteiger partial charge in [0.2, 0.25) is 5.89 Å². The Morgan fingerprint density at radius 1 is 0.479 bits per heavy atom. The number of nitrogens with zero attached hydrogens (tertiary/aromatic N) is 3. The van der Waals surface area contributed by atoms with Crippen molar-refractivity contribution >= 4 is 71.9 Å². The third-order valence-corrected chi connectivity index (χ3v) is 9.19. The number of aromatic nitrogens is 2. The summed E-state index contributed by atoms with van der Waals surface area (Å²) in [6.45, 7) is 0. The van der Waals surface area contributed by atoms with Crippen LogP contribution >= 0.6 is 0 Å². The number of anilines is 3. The molecule has 0 aliphatic carbocycles. The van der Waals surface area contributed by atoms with Crippen LogP contribution in [0.4, 0.5) is 17.1 Å². The Balaban J connectivity index is 1.21. The summed E-state index contributed by atoms with van der Waals surface area (Å²) < 4.78 is 14.9. The summed E-state index contributed by atoms with van der Waals surface area (Å²) in [5.41, 5.74) is 10.7. The number of furan rings is 1. The first-order valence-electron chi connectivity index (χ1n) is 16.1. The van der Waals surface area contributed by atoms with E-state index in [0.29, 0.717) is 11.5 Å². The fourth-order valence-corrected chi connectivity index (χ4v) is 7.08. The summed E-state index contributed by atoms with van der Waals surface area (Å²) in [7, 11) is 0. The molecule has 0 N–H and O–H groups in total. The maximum Gasteiger partial charge on any atom is 0.227 e. The van der Waals surface area contributed by atoms with Crippen molar-refractivity contribution in [3.8, 4) is 17.1 Å². The Labute approximate surface area is 275 Å². The van der Waals surface area contributed by atoms with E-state index in [9.17, 15) is 0 Å². The molecule has 0 radical (unpaired) electrons. The molecular weight excluding hydrogens is 590 g/mol. The van der Waals surface area contributed by atoms with Crippen LogP contribution in [0.1, 0.15) is 0 Å². The number of para-hydroxylation sites is 3. The lowest BCUT2D eigenvalue weighted by molar-refractivity contribution is 0.617. The summed E-state index contributed by atoms with van der Waals surface area (Å²) in [5.74, 6) is 0.598. The van der Waals surface area contributed by atoms with Crippen LogP contribution in [0.15, 0.2) is 173 Å². The highest BCUT2D eigenvalue weighted by atomic mass is 16.4. The van der Waals surface area contributed by atoms with E-state index >= 15 is 0 Å². The van der Waals surface area contributed by atoms with Crippen molar-refractivity contribution in [2.24, 2.45) is 0 Å². The fraction of sp³-hybridized carbons (Fsp3) is 0. The number of oxazole rings is 1. The number of benzene rings is 7. The maximum absolute atomic E-state index is 6.39. The van der Waals surface area contributed by atoms with Gasteiger partial charge < -0.3 is 18.3 Å². The van der Waals surface area contributed by atoms with Gasteiger partial charge in [-0.25, -0.2) is 4.98 Å². The van der Waals surface area contributed by atoms with Gasteiger partial charge in [0.05, 0.1) is 16.7 Å². The van der Waals surface area contributed by atoms with Crippen molar-refractivity contribution in [1.29, 1.82) is 0 Å². The molecule has 0 aliphatic rings. The van der Waals surface area contributed by atoms with Crippen molar-refractivity contribution in [3.63, 3.8) is 0 Å². The summed E-state index contributed by atoms with van der Waals surface area (Å²) in [5, 5.41) is 4.41. The first-order chi connectivity index (χ1) is 23.8. The quantitative estimate of drug-likeness (QED) is 0.193. The molecule has 7 aromatic carbocycles. The van der Waals surface area contributed by atoms with Crippen molar-refractivity contribution in [3.05, 3.63) is 164 Å². The molecule has 0 spiro atoms. The molecule has 226 valence electrons. The SMILES string of the molecule is c1ccc(-c2nc3cc4c(cc3o2)oc2ccc(N(c3ccccc3)c3cccc5c3c3ccccc3n5-c3ccccc3)cc24)cc1. The molecule has 3 aromatic heterocycles. The zero-order valence-corrected chi connectivity index (χ0v) is 25.7. The summed E-state index contributed by atoms with van der Waals surface area (Å²) in [6, 6.07) is 56.9. The minimum Gasteiger partial charge on any atom is -0.456 e. The van der Waals surface area contributed by atoms with Crippen LogP contribution in [0.2, 0.25) is 0 Å². The summed E-state index contributed by atoms with van der Waals surface area (Å²) >= 11 is 0. The Hall–Kier alpha value is -6.59. The van der Waals surface area contributed by atoms with Crippen LogP contribution in [0.3, 0.4) is 0 Å². The van der Waals surface area contributed by atoms with Gasteiger partial charge >= 0.3 is 0 Å². The molecule has 0 saturated heterocycles. The minimum absolute atomic E-state index is 0.598. The lowest BCUT2D eigenvalue weighted by atomic mass is 10.1. The van der Waals surface area contributed by atoms with E-state index in [1.54, 1.807) is 0 Å². The van der Waals surface area contributed by atoms with Crippen molar-refractivity contribution in [2.75, 3.05) is 4.90 Å². The van der Waals surface area contributed by atoms with Crippen LogP contribution in [0.25, 0.3) is 72.0 Å². The highest BCUT2D eigenvalue weighted by Gasteiger charge is 2.22. The third-order valence-electron chi connectivity index (χ3n) is 9.19. The van der Waals surface area contributed by atoms with Crippen molar-refractivity contribution < 1.29 is 8.83 Å². The standard InChI is InChI=1S/C43H27N3O2/c1-4-13-28(14-5-1)43-44-35-26-34-33-25-31(23-24-39(33)47-40(34)27-41(35)48-43)45(29-15-6-2-7-16-29)37-21-12-22-38-42(37)32-19-10-11-20-36(32)46(38)30-17-8-3-9-18-30/h1-27H. The molecule has 0 atom stereocenters. The van der Waals surface area contributed by atoms with E-state index in [-0.39, 0.29) is 0 Å². The highest BCUT2D eigenvalue weighted by molar-refractivity contribution is 6.17. The summed E-state index contributed by atoms with van der Waals surface area (Å²) in [6.07, 6.45) is 0. The molecule has 5 nitrogen and oxygen atoms in total. The van der Waals surface area contributed by atoms with Crippen molar-refractivity contribution in [2.45, 2.75) is 0 Å². The third kappa shape index (κ3) is 4.08. The van der Waals surface area contributed by atoms with Gasteiger partial charge in [-0.2, -0.15) is 0 Å². The molecule has 48 heavy (non-hydrogen) atoms. The van der Waals surface area contributed by atoms with Gasteiger partial charge in [0, 0.05) is 50.2 Å². The fourth-order valence-electron chi connectivity index (χ4n) is 7.08. The number of rotatable bonds is 5. The second-order valence-corrected chi connectivity index (χ2v) is 12.0. The van der Waals surface area contributed by atoms with Gasteiger partial charge in [0.1, 0.15) is 16.7 Å². The molecule has 0 saturated carbocycles. The average molecular weight is 618 g/mol. The molecular formula is C43H27N3O2. The first-order valence-corrected chi connectivity index (χ1v) is 16.1. The van der Waals surface area contributed by atoms with Crippen LogP contribution in [0, 0.1) is 0 Å². The molecule has 10 rings (SSSR count). The Morgan fingerprint density at radius 3 is 2.02 bits per heavy atom. The molecule has 0 aliphatic heterocycles. The van der Waals surface area contributed by atoms with Gasteiger partial charge in [0.15, 0.2) is 5.58 Å². The van der Waals surface area contributed by atoms with Gasteiger partial charge in [-0.1, -0.05) is 78.9 Å². The maximum atomic E-state index is 6.39. The first kappa shape index (κ1) is 26.6. The minimum atomic E-state index is 0.598. The zero-order valence-electron chi connectivity index (χ0n) is 25.7. The van der Waals surface area contributed by atoms with Gasteiger partial charge in [0.25, 0.3) is 0 Å². The predicted octanol–water partition coefficient (Wildman–Crippen LogP) is 12.0. The predicted molar refractivity (Wildman–Crippen MR) is 196 cm³/mol. The molecule has 0 fully saturated rings. The van der Waals surface area contributed by atoms with Crippen LogP contribution in [0.5, 0.6) is 0 Å².